The summed E-state index contributed by atoms with van der Waals surface area (Å²) in [6.45, 7) is 3.42. The molecule has 0 saturated heterocycles. The van der Waals surface area contributed by atoms with Crippen molar-refractivity contribution in [1.29, 1.82) is 0 Å². The van der Waals surface area contributed by atoms with Crippen molar-refractivity contribution in [3.05, 3.63) is 12.2 Å². The van der Waals surface area contributed by atoms with Crippen molar-refractivity contribution < 1.29 is 14.7 Å². The molecular formula is C7H10N2O3. The standard InChI is InChI=1S/C7H10N2O3/c1-5(2)8-9-6(10)3-4-7(11)12/h3-4H,1-2H3,(H,9,10)(H,11,12)/b4-3-. The Kier molecular flexibility index (Phi) is 4.36. The van der Waals surface area contributed by atoms with Crippen molar-refractivity contribution >= 4 is 17.6 Å². The number of carbonyl (C=O) groups is 2. The van der Waals surface area contributed by atoms with E-state index in [0.29, 0.717) is 5.71 Å². The summed E-state index contributed by atoms with van der Waals surface area (Å²) in [7, 11) is 0. The monoisotopic (exact) mass is 170 g/mol. The molecule has 66 valence electrons. The Bertz CT molecular complexity index is 239. The normalized spacial score (nSPS) is 9.50. The highest BCUT2D eigenvalue weighted by molar-refractivity contribution is 5.94. The first-order valence-corrected chi connectivity index (χ1v) is 3.24. The first-order chi connectivity index (χ1) is 5.52. The van der Waals surface area contributed by atoms with Gasteiger partial charge in [0, 0.05) is 17.9 Å². The Balaban J connectivity index is 3.91. The van der Waals surface area contributed by atoms with E-state index in [-0.39, 0.29) is 0 Å². The molecule has 0 atom stereocenters. The van der Waals surface area contributed by atoms with Gasteiger partial charge in [-0.1, -0.05) is 0 Å². The topological polar surface area (TPSA) is 78.8 Å². The second kappa shape index (κ2) is 5.06. The fourth-order valence-electron chi connectivity index (χ4n) is 0.351. The molecule has 1 amide bonds. The maximum absolute atomic E-state index is 10.7. The smallest absolute Gasteiger partial charge is 0.328 e. The fourth-order valence-corrected chi connectivity index (χ4v) is 0.351. The highest BCUT2D eigenvalue weighted by Gasteiger charge is 1.93. The van der Waals surface area contributed by atoms with Crippen LogP contribution in [0.1, 0.15) is 13.8 Å². The van der Waals surface area contributed by atoms with Crippen LogP contribution in [0.15, 0.2) is 17.3 Å². The highest BCUT2D eigenvalue weighted by atomic mass is 16.4. The van der Waals surface area contributed by atoms with E-state index in [1.54, 1.807) is 13.8 Å². The third kappa shape index (κ3) is 6.47. The summed E-state index contributed by atoms with van der Waals surface area (Å²) in [6.07, 6.45) is 1.64. The van der Waals surface area contributed by atoms with Crippen molar-refractivity contribution in [2.45, 2.75) is 13.8 Å². The number of carbonyl (C=O) groups excluding carboxylic acids is 1. The molecule has 0 aromatic heterocycles. The molecule has 0 rings (SSSR count). The molecule has 0 unspecified atom stereocenters. The van der Waals surface area contributed by atoms with Gasteiger partial charge in [-0.05, 0) is 13.8 Å². The lowest BCUT2D eigenvalue weighted by Crippen LogP contribution is -2.15. The average molecular weight is 170 g/mol. The maximum Gasteiger partial charge on any atom is 0.328 e. The first-order valence-electron chi connectivity index (χ1n) is 3.24. The van der Waals surface area contributed by atoms with Gasteiger partial charge in [-0.2, -0.15) is 5.10 Å². The molecule has 0 aromatic carbocycles. The number of nitrogens with zero attached hydrogens (tertiary/aromatic N) is 1. The Morgan fingerprint density at radius 1 is 1.33 bits per heavy atom. The average Bonchev–Trinajstić information content (AvgIpc) is 1.96. The lowest BCUT2D eigenvalue weighted by Gasteiger charge is -1.92. The van der Waals surface area contributed by atoms with E-state index in [1.165, 1.54) is 0 Å². The molecule has 0 saturated carbocycles. The zero-order chi connectivity index (χ0) is 9.56. The minimum absolute atomic E-state index is 0.557. The summed E-state index contributed by atoms with van der Waals surface area (Å²) in [6, 6.07) is 0. The maximum atomic E-state index is 10.7. The Morgan fingerprint density at radius 2 is 1.92 bits per heavy atom. The number of hydrazone groups is 1. The molecule has 0 aliphatic rings. The van der Waals surface area contributed by atoms with E-state index in [1.807, 2.05) is 0 Å². The zero-order valence-electron chi connectivity index (χ0n) is 6.87. The van der Waals surface area contributed by atoms with E-state index < -0.39 is 11.9 Å². The molecule has 0 aliphatic heterocycles. The molecule has 5 heteroatoms. The predicted octanol–water partition coefficient (Wildman–Crippen LogP) is 0.139. The Labute approximate surface area is 69.8 Å². The second-order valence-electron chi connectivity index (χ2n) is 2.21. The van der Waals surface area contributed by atoms with Crippen molar-refractivity contribution in [3.8, 4) is 0 Å². The quantitative estimate of drug-likeness (QED) is 0.359. The number of hydrogen-bond donors (Lipinski definition) is 2. The third-order valence-electron chi connectivity index (χ3n) is 0.767. The van der Waals surface area contributed by atoms with Gasteiger partial charge in [-0.15, -0.1) is 0 Å². The number of amides is 1. The third-order valence-corrected chi connectivity index (χ3v) is 0.767. The van der Waals surface area contributed by atoms with Gasteiger partial charge in [0.25, 0.3) is 5.91 Å². The molecule has 0 heterocycles. The number of aliphatic carboxylic acids is 1. The molecule has 0 aliphatic carbocycles. The molecule has 0 spiro atoms. The largest absolute Gasteiger partial charge is 0.478 e. The van der Waals surface area contributed by atoms with Crippen LogP contribution in [0.3, 0.4) is 0 Å². The summed E-state index contributed by atoms with van der Waals surface area (Å²) in [5.74, 6) is -1.72. The molecule has 0 aromatic rings. The van der Waals surface area contributed by atoms with E-state index in [2.05, 4.69) is 10.5 Å². The summed E-state index contributed by atoms with van der Waals surface area (Å²) < 4.78 is 0. The van der Waals surface area contributed by atoms with E-state index in [0.717, 1.165) is 12.2 Å². The van der Waals surface area contributed by atoms with Crippen LogP contribution in [0.25, 0.3) is 0 Å². The van der Waals surface area contributed by atoms with Gasteiger partial charge in [-0.3, -0.25) is 4.79 Å². The van der Waals surface area contributed by atoms with E-state index in [4.69, 9.17) is 5.11 Å². The van der Waals surface area contributed by atoms with Crippen LogP contribution in [0, 0.1) is 0 Å². The SMILES string of the molecule is CC(C)=NNC(=O)/C=C\C(=O)O. The van der Waals surface area contributed by atoms with Gasteiger partial charge in [0.2, 0.25) is 0 Å². The van der Waals surface area contributed by atoms with Crippen LogP contribution >= 0.6 is 0 Å². The van der Waals surface area contributed by atoms with Gasteiger partial charge >= 0.3 is 5.97 Å². The summed E-state index contributed by atoms with van der Waals surface area (Å²) in [5.41, 5.74) is 2.82. The molecule has 5 nitrogen and oxygen atoms in total. The van der Waals surface area contributed by atoms with Crippen LogP contribution in [0.2, 0.25) is 0 Å². The number of hydrogen-bond acceptors (Lipinski definition) is 3. The lowest BCUT2D eigenvalue weighted by atomic mass is 10.5. The summed E-state index contributed by atoms with van der Waals surface area (Å²) in [4.78, 5) is 20.6. The molecule has 0 fully saturated rings. The molecular weight excluding hydrogens is 160 g/mol. The van der Waals surface area contributed by atoms with Crippen molar-refractivity contribution in [1.82, 2.24) is 5.43 Å². The van der Waals surface area contributed by atoms with E-state index in [9.17, 15) is 9.59 Å². The summed E-state index contributed by atoms with van der Waals surface area (Å²) in [5, 5.41) is 11.7. The number of carboxylic acid groups (broad SMARTS) is 1. The van der Waals surface area contributed by atoms with Crippen LogP contribution in [0.4, 0.5) is 0 Å². The Hall–Kier alpha value is -1.65. The van der Waals surface area contributed by atoms with E-state index >= 15 is 0 Å². The minimum atomic E-state index is -1.16. The van der Waals surface area contributed by atoms with Crippen LogP contribution in [-0.2, 0) is 9.59 Å². The Morgan fingerprint density at radius 3 is 2.33 bits per heavy atom. The molecule has 0 bridgehead atoms. The van der Waals surface area contributed by atoms with Gasteiger partial charge < -0.3 is 5.11 Å². The molecule has 0 radical (unpaired) electrons. The molecule has 2 N–H and O–H groups in total. The summed E-state index contributed by atoms with van der Waals surface area (Å²) >= 11 is 0. The van der Waals surface area contributed by atoms with Gasteiger partial charge in [0.05, 0.1) is 0 Å². The second-order valence-corrected chi connectivity index (χ2v) is 2.21. The highest BCUT2D eigenvalue weighted by Crippen LogP contribution is 1.75. The first kappa shape index (κ1) is 10.3. The van der Waals surface area contributed by atoms with Gasteiger partial charge in [0.15, 0.2) is 0 Å². The molecule has 12 heavy (non-hydrogen) atoms. The number of rotatable bonds is 3. The van der Waals surface area contributed by atoms with Crippen molar-refractivity contribution in [3.63, 3.8) is 0 Å². The van der Waals surface area contributed by atoms with Crippen molar-refractivity contribution in [2.75, 3.05) is 0 Å². The van der Waals surface area contributed by atoms with Gasteiger partial charge in [0.1, 0.15) is 0 Å². The van der Waals surface area contributed by atoms with Crippen molar-refractivity contribution in [2.24, 2.45) is 5.10 Å². The van der Waals surface area contributed by atoms with Crippen LogP contribution in [-0.4, -0.2) is 22.7 Å². The zero-order valence-corrected chi connectivity index (χ0v) is 6.87. The van der Waals surface area contributed by atoms with Gasteiger partial charge in [-0.25, -0.2) is 10.2 Å². The minimum Gasteiger partial charge on any atom is -0.478 e. The van der Waals surface area contributed by atoms with Crippen LogP contribution in [0.5, 0.6) is 0 Å². The number of nitrogens with one attached hydrogen (secondary N) is 1. The number of carboxylic acids is 1. The van der Waals surface area contributed by atoms with Crippen LogP contribution < -0.4 is 5.43 Å². The fraction of sp³-hybridized carbons (Fsp3) is 0.286. The lowest BCUT2D eigenvalue weighted by molar-refractivity contribution is -0.131. The predicted molar refractivity (Wildman–Crippen MR) is 43.7 cm³/mol.